The van der Waals surface area contributed by atoms with E-state index in [1.54, 1.807) is 24.3 Å². The maximum absolute atomic E-state index is 10.9. The van der Waals surface area contributed by atoms with E-state index in [1.165, 1.54) is 0 Å². The van der Waals surface area contributed by atoms with E-state index in [0.29, 0.717) is 11.4 Å². The van der Waals surface area contributed by atoms with Gasteiger partial charge in [0.1, 0.15) is 11.9 Å². The van der Waals surface area contributed by atoms with Crippen LogP contribution in [-0.2, 0) is 0 Å². The fourth-order valence-electron chi connectivity index (χ4n) is 1.64. The summed E-state index contributed by atoms with van der Waals surface area (Å²) in [5.41, 5.74) is 5.84. The van der Waals surface area contributed by atoms with Crippen LogP contribution in [0.25, 0.3) is 0 Å². The maximum atomic E-state index is 10.9. The molecule has 2 aromatic rings. The fourth-order valence-corrected chi connectivity index (χ4v) is 1.64. The molecule has 0 aliphatic rings. The molecule has 0 aliphatic carbocycles. The zero-order valence-corrected chi connectivity index (χ0v) is 11.6. The summed E-state index contributed by atoms with van der Waals surface area (Å²) >= 11 is 0. The van der Waals surface area contributed by atoms with Crippen LogP contribution in [0.2, 0.25) is 0 Å². The highest BCUT2D eigenvalue weighted by Crippen LogP contribution is 2.26. The van der Waals surface area contributed by atoms with Crippen molar-refractivity contribution in [1.82, 2.24) is 9.97 Å². The minimum atomic E-state index is -0.571. The lowest BCUT2D eigenvalue weighted by atomic mass is 10.3. The molecule has 0 fully saturated rings. The van der Waals surface area contributed by atoms with Crippen molar-refractivity contribution >= 4 is 23.1 Å². The molecule has 0 spiro atoms. The van der Waals surface area contributed by atoms with Gasteiger partial charge >= 0.3 is 5.69 Å². The highest BCUT2D eigenvalue weighted by Gasteiger charge is 2.16. The highest BCUT2D eigenvalue weighted by molar-refractivity contribution is 5.66. The van der Waals surface area contributed by atoms with Crippen molar-refractivity contribution in [2.45, 2.75) is 20.0 Å². The predicted molar refractivity (Wildman–Crippen MR) is 78.6 cm³/mol. The first-order valence-electron chi connectivity index (χ1n) is 6.26. The Kier molecular flexibility index (Phi) is 4.17. The molecule has 1 aromatic carbocycles. The molecular formula is C13H15N5O3. The highest BCUT2D eigenvalue weighted by atomic mass is 16.6. The van der Waals surface area contributed by atoms with Crippen LogP contribution in [0.4, 0.5) is 23.1 Å². The van der Waals surface area contributed by atoms with Crippen LogP contribution >= 0.6 is 0 Å². The number of rotatable bonds is 5. The van der Waals surface area contributed by atoms with Crippen molar-refractivity contribution in [3.05, 3.63) is 40.6 Å². The first kappa shape index (κ1) is 14.5. The van der Waals surface area contributed by atoms with E-state index < -0.39 is 4.92 Å². The van der Waals surface area contributed by atoms with Crippen LogP contribution in [0.1, 0.15) is 13.8 Å². The summed E-state index contributed by atoms with van der Waals surface area (Å²) in [5.74, 6) is 0.722. The van der Waals surface area contributed by atoms with Crippen molar-refractivity contribution in [1.29, 1.82) is 0 Å². The molecule has 8 nitrogen and oxygen atoms in total. The standard InChI is InChI=1S/C13H15N5O3/c1-8(2)21-10-5-3-9(4-6-10)16-12-11(18(19)20)7-15-13(14)17-12/h3-8H,1-2H3,(H3,14,15,16,17). The lowest BCUT2D eigenvalue weighted by Crippen LogP contribution is -2.06. The third-order valence-corrected chi connectivity index (χ3v) is 2.47. The van der Waals surface area contributed by atoms with E-state index in [1.807, 2.05) is 13.8 Å². The van der Waals surface area contributed by atoms with Crippen molar-refractivity contribution in [2.24, 2.45) is 0 Å². The minimum Gasteiger partial charge on any atom is -0.491 e. The molecule has 2 rings (SSSR count). The zero-order chi connectivity index (χ0) is 15.4. The number of nitrogen functional groups attached to an aromatic ring is 1. The molecule has 0 bridgehead atoms. The Balaban J connectivity index is 2.22. The summed E-state index contributed by atoms with van der Waals surface area (Å²) in [4.78, 5) is 17.8. The number of benzene rings is 1. The topological polar surface area (TPSA) is 116 Å². The first-order chi connectivity index (χ1) is 9.95. The third-order valence-electron chi connectivity index (χ3n) is 2.47. The van der Waals surface area contributed by atoms with Gasteiger partial charge in [0.25, 0.3) is 0 Å². The van der Waals surface area contributed by atoms with Gasteiger partial charge in [-0.15, -0.1) is 0 Å². The monoisotopic (exact) mass is 289 g/mol. The fraction of sp³-hybridized carbons (Fsp3) is 0.231. The van der Waals surface area contributed by atoms with E-state index in [-0.39, 0.29) is 23.6 Å². The Labute approximate surface area is 121 Å². The average molecular weight is 289 g/mol. The van der Waals surface area contributed by atoms with Crippen LogP contribution in [0.3, 0.4) is 0 Å². The van der Waals surface area contributed by atoms with E-state index >= 15 is 0 Å². The average Bonchev–Trinajstić information content (AvgIpc) is 2.40. The number of hydrogen-bond donors (Lipinski definition) is 2. The second-order valence-corrected chi connectivity index (χ2v) is 4.54. The Bertz CT molecular complexity index is 643. The number of nitrogens with two attached hydrogens (primary N) is 1. The lowest BCUT2D eigenvalue weighted by Gasteiger charge is -2.11. The Morgan fingerprint density at radius 3 is 2.57 bits per heavy atom. The molecule has 8 heteroatoms. The molecule has 1 heterocycles. The molecule has 1 aromatic heterocycles. The molecule has 0 amide bonds. The zero-order valence-electron chi connectivity index (χ0n) is 11.6. The maximum Gasteiger partial charge on any atom is 0.329 e. The quantitative estimate of drug-likeness (QED) is 0.641. The van der Waals surface area contributed by atoms with E-state index in [2.05, 4.69) is 15.3 Å². The summed E-state index contributed by atoms with van der Waals surface area (Å²) in [5, 5.41) is 13.8. The lowest BCUT2D eigenvalue weighted by molar-refractivity contribution is -0.384. The molecule has 0 aliphatic heterocycles. The Morgan fingerprint density at radius 2 is 2.00 bits per heavy atom. The molecule has 21 heavy (non-hydrogen) atoms. The molecule has 0 radical (unpaired) electrons. The minimum absolute atomic E-state index is 0.0390. The molecule has 3 N–H and O–H groups in total. The molecular weight excluding hydrogens is 274 g/mol. The second-order valence-electron chi connectivity index (χ2n) is 4.54. The Hall–Kier alpha value is -2.90. The van der Waals surface area contributed by atoms with Crippen LogP contribution in [-0.4, -0.2) is 21.0 Å². The van der Waals surface area contributed by atoms with Gasteiger partial charge in [-0.3, -0.25) is 10.1 Å². The number of aromatic nitrogens is 2. The summed E-state index contributed by atoms with van der Waals surface area (Å²) < 4.78 is 5.52. The van der Waals surface area contributed by atoms with Crippen LogP contribution in [0, 0.1) is 10.1 Å². The number of nitro groups is 1. The van der Waals surface area contributed by atoms with Gasteiger partial charge < -0.3 is 15.8 Å². The smallest absolute Gasteiger partial charge is 0.329 e. The van der Waals surface area contributed by atoms with E-state index in [9.17, 15) is 10.1 Å². The summed E-state index contributed by atoms with van der Waals surface area (Å²) in [6.45, 7) is 3.86. The van der Waals surface area contributed by atoms with Gasteiger partial charge in [-0.25, -0.2) is 4.98 Å². The first-order valence-corrected chi connectivity index (χ1v) is 6.26. The van der Waals surface area contributed by atoms with E-state index in [4.69, 9.17) is 10.5 Å². The third kappa shape index (κ3) is 3.78. The van der Waals surface area contributed by atoms with Gasteiger partial charge in [0.05, 0.1) is 11.0 Å². The van der Waals surface area contributed by atoms with Gasteiger partial charge in [-0.1, -0.05) is 0 Å². The van der Waals surface area contributed by atoms with Crippen molar-refractivity contribution in [2.75, 3.05) is 11.1 Å². The van der Waals surface area contributed by atoms with Crippen molar-refractivity contribution in [3.63, 3.8) is 0 Å². The SMILES string of the molecule is CC(C)Oc1ccc(Nc2nc(N)ncc2[N+](=O)[O-])cc1. The molecule has 0 saturated heterocycles. The molecule has 0 atom stereocenters. The molecule has 0 saturated carbocycles. The molecule has 0 unspecified atom stereocenters. The van der Waals surface area contributed by atoms with E-state index in [0.717, 1.165) is 6.20 Å². The van der Waals surface area contributed by atoms with Gasteiger partial charge in [0, 0.05) is 5.69 Å². The largest absolute Gasteiger partial charge is 0.491 e. The van der Waals surface area contributed by atoms with Crippen LogP contribution in [0.15, 0.2) is 30.5 Å². The van der Waals surface area contributed by atoms with Gasteiger partial charge in [-0.05, 0) is 38.1 Å². The van der Waals surface area contributed by atoms with Crippen LogP contribution < -0.4 is 15.8 Å². The number of ether oxygens (including phenoxy) is 1. The number of hydrogen-bond acceptors (Lipinski definition) is 7. The van der Waals surface area contributed by atoms with Crippen molar-refractivity contribution < 1.29 is 9.66 Å². The Morgan fingerprint density at radius 1 is 1.33 bits per heavy atom. The van der Waals surface area contributed by atoms with Gasteiger partial charge in [0.15, 0.2) is 0 Å². The number of anilines is 3. The predicted octanol–water partition coefficient (Wildman–Crippen LogP) is 2.50. The van der Waals surface area contributed by atoms with Crippen LogP contribution in [0.5, 0.6) is 5.75 Å². The van der Waals surface area contributed by atoms with Gasteiger partial charge in [0.2, 0.25) is 11.8 Å². The second kappa shape index (κ2) is 6.04. The number of nitrogens with one attached hydrogen (secondary N) is 1. The normalized spacial score (nSPS) is 10.4. The van der Waals surface area contributed by atoms with Gasteiger partial charge in [-0.2, -0.15) is 4.98 Å². The molecule has 110 valence electrons. The number of nitrogens with zero attached hydrogens (tertiary/aromatic N) is 3. The summed E-state index contributed by atoms with van der Waals surface area (Å²) in [6.07, 6.45) is 1.15. The van der Waals surface area contributed by atoms with Crippen molar-refractivity contribution in [3.8, 4) is 5.75 Å². The summed E-state index contributed by atoms with van der Waals surface area (Å²) in [7, 11) is 0. The summed E-state index contributed by atoms with van der Waals surface area (Å²) in [6, 6.07) is 7.00.